The first kappa shape index (κ1) is 21.2. The fourth-order valence-electron chi connectivity index (χ4n) is 10.6. The molecule has 0 aromatic heterocycles. The third-order valence-electron chi connectivity index (χ3n) is 11.3. The van der Waals surface area contributed by atoms with Crippen molar-refractivity contribution in [2.45, 2.75) is 101 Å². The summed E-state index contributed by atoms with van der Waals surface area (Å²) >= 11 is 0. The molecular weight excluding hydrogens is 419 g/mol. The lowest BCUT2D eigenvalue weighted by atomic mass is 9.55. The smallest absolute Gasteiger partial charge is 0.0775 e. The third-order valence-corrected chi connectivity index (χ3v) is 17.3. The van der Waals surface area contributed by atoms with Gasteiger partial charge in [0.1, 0.15) is 0 Å². The van der Waals surface area contributed by atoms with E-state index in [1.54, 1.807) is 75.0 Å². The molecule has 1 aromatic carbocycles. The molecule has 8 bridgehead atoms. The first-order valence-electron chi connectivity index (χ1n) is 14.3. The summed E-state index contributed by atoms with van der Waals surface area (Å²) < 4.78 is 0. The van der Waals surface area contributed by atoms with Gasteiger partial charge in [0, 0.05) is 0 Å². The van der Waals surface area contributed by atoms with Crippen molar-refractivity contribution >= 4 is 21.2 Å². The minimum atomic E-state index is -1.20. The molecule has 8 saturated carbocycles. The Bertz CT molecular complexity index is 753. The van der Waals surface area contributed by atoms with Gasteiger partial charge in [-0.3, -0.25) is 0 Å². The molecule has 8 aliphatic rings. The predicted octanol–water partition coefficient (Wildman–Crippen LogP) is 7.86. The van der Waals surface area contributed by atoms with Gasteiger partial charge in [-0.2, -0.15) is 0 Å². The van der Waals surface area contributed by atoms with Crippen LogP contribution in [0.5, 0.6) is 0 Å². The van der Waals surface area contributed by atoms with Crippen LogP contribution in [-0.4, -0.2) is 19.4 Å². The molecule has 0 N–H and O–H groups in total. The summed E-state index contributed by atoms with van der Waals surface area (Å²) in [4.78, 5) is 0. The second-order valence-corrected chi connectivity index (χ2v) is 22.1. The first-order chi connectivity index (χ1) is 15.4. The van der Waals surface area contributed by atoms with Crippen molar-refractivity contribution < 1.29 is 0 Å². The molecule has 0 atom stereocenters. The van der Waals surface area contributed by atoms with Crippen LogP contribution in [0.25, 0.3) is 0 Å². The molecule has 174 valence electrons. The lowest BCUT2D eigenvalue weighted by Gasteiger charge is -2.62. The van der Waals surface area contributed by atoms with Gasteiger partial charge in [0.2, 0.25) is 0 Å². The van der Waals surface area contributed by atoms with Gasteiger partial charge in [-0.1, -0.05) is 57.0 Å². The number of hydrogen-bond donors (Lipinski definition) is 0. The lowest BCUT2D eigenvalue weighted by molar-refractivity contribution is 0.0129. The molecule has 1 aromatic rings. The lowest BCUT2D eigenvalue weighted by Crippen LogP contribution is -2.52. The van der Waals surface area contributed by atoms with E-state index in [1.165, 1.54) is 6.16 Å². The number of rotatable bonds is 5. The highest BCUT2D eigenvalue weighted by atomic mass is 31.1. The third kappa shape index (κ3) is 3.54. The summed E-state index contributed by atoms with van der Waals surface area (Å²) in [7, 11) is -1.06. The Balaban J connectivity index is 1.22. The van der Waals surface area contributed by atoms with Crippen molar-refractivity contribution in [3.05, 3.63) is 29.8 Å². The highest BCUT2D eigenvalue weighted by Gasteiger charge is 2.56. The van der Waals surface area contributed by atoms with Crippen LogP contribution in [-0.2, 0) is 6.16 Å². The van der Waals surface area contributed by atoms with Crippen LogP contribution in [0.4, 0.5) is 0 Å². The van der Waals surface area contributed by atoms with Crippen molar-refractivity contribution in [1.29, 1.82) is 0 Å². The van der Waals surface area contributed by atoms with Gasteiger partial charge in [-0.05, 0) is 135 Å². The average Bonchev–Trinajstić information content (AvgIpc) is 2.72. The Morgan fingerprint density at radius 3 is 1.31 bits per heavy atom. The van der Waals surface area contributed by atoms with Crippen molar-refractivity contribution in [1.82, 2.24) is 0 Å². The molecular formula is C30H45PSi. The fraction of sp³-hybridized carbons (Fsp3) is 0.800. The molecule has 8 fully saturated rings. The number of benzene rings is 1. The maximum Gasteiger partial charge on any atom is 0.0775 e. The second-order valence-electron chi connectivity index (χ2n) is 14.5. The van der Waals surface area contributed by atoms with Gasteiger partial charge in [0.25, 0.3) is 0 Å². The van der Waals surface area contributed by atoms with Crippen LogP contribution in [0.3, 0.4) is 0 Å². The average molecular weight is 465 g/mol. The normalized spacial score (nSPS) is 47.2. The van der Waals surface area contributed by atoms with Crippen molar-refractivity contribution in [3.8, 4) is 0 Å². The molecule has 32 heavy (non-hydrogen) atoms. The standard InChI is InChI=1S/C30H45PSi/c1-32(2,3)28-6-4-19(5-7-28)18-31(29-24-10-20-8-21(12-24)13-25(29)11-20)30-26-14-22-9-23(16-26)17-27(30)15-22/h4-7,20-27,29-30H,8-18H2,1-3H3. The molecule has 0 amide bonds. The topological polar surface area (TPSA) is 0 Å². The van der Waals surface area contributed by atoms with E-state index in [1.807, 2.05) is 0 Å². The quantitative estimate of drug-likeness (QED) is 0.307. The summed E-state index contributed by atoms with van der Waals surface area (Å²) in [5.74, 6) is 8.98. The van der Waals surface area contributed by atoms with Gasteiger partial charge in [0.05, 0.1) is 8.07 Å². The van der Waals surface area contributed by atoms with E-state index in [-0.39, 0.29) is 7.92 Å². The molecule has 8 aliphatic carbocycles. The van der Waals surface area contributed by atoms with Crippen LogP contribution < -0.4 is 5.19 Å². The van der Waals surface area contributed by atoms with Crippen LogP contribution >= 0.6 is 7.92 Å². The SMILES string of the molecule is C[Si](C)(C)c1ccc(CP(C2C3CC4CC(C3)CC2C4)C2C3CC4CC(C3)CC2C4)cc1. The van der Waals surface area contributed by atoms with Gasteiger partial charge < -0.3 is 0 Å². The Kier molecular flexibility index (Phi) is 5.08. The summed E-state index contributed by atoms with van der Waals surface area (Å²) in [6, 6.07) is 10.2. The van der Waals surface area contributed by atoms with E-state index in [9.17, 15) is 0 Å². The van der Waals surface area contributed by atoms with Crippen LogP contribution in [0.1, 0.15) is 69.8 Å². The maximum atomic E-state index is 2.58. The largest absolute Gasteiger partial charge is 0.0947 e. The van der Waals surface area contributed by atoms with Crippen molar-refractivity contribution in [2.24, 2.45) is 47.3 Å². The zero-order valence-corrected chi connectivity index (χ0v) is 22.7. The van der Waals surface area contributed by atoms with Crippen molar-refractivity contribution in [2.75, 3.05) is 0 Å². The second kappa shape index (κ2) is 7.68. The van der Waals surface area contributed by atoms with E-state index in [0.717, 1.165) is 58.7 Å². The molecule has 9 rings (SSSR count). The molecule has 0 heterocycles. The van der Waals surface area contributed by atoms with E-state index in [0.29, 0.717) is 0 Å². The summed E-state index contributed by atoms with van der Waals surface area (Å²) in [6.07, 6.45) is 17.7. The molecule has 0 nitrogen and oxygen atoms in total. The Morgan fingerprint density at radius 2 is 0.969 bits per heavy atom. The highest BCUT2D eigenvalue weighted by Crippen LogP contribution is 2.71. The van der Waals surface area contributed by atoms with E-state index in [4.69, 9.17) is 0 Å². The van der Waals surface area contributed by atoms with Crippen molar-refractivity contribution in [3.63, 3.8) is 0 Å². The monoisotopic (exact) mass is 464 g/mol. The van der Waals surface area contributed by atoms with Gasteiger partial charge >= 0.3 is 0 Å². The van der Waals surface area contributed by atoms with Gasteiger partial charge in [-0.25, -0.2) is 0 Å². The van der Waals surface area contributed by atoms with Crippen LogP contribution in [0, 0.1) is 47.3 Å². The first-order valence-corrected chi connectivity index (χ1v) is 19.4. The number of hydrogen-bond acceptors (Lipinski definition) is 0. The Morgan fingerprint density at radius 1 is 0.594 bits per heavy atom. The molecule has 0 saturated heterocycles. The summed E-state index contributed by atoms with van der Waals surface area (Å²) in [5.41, 5.74) is 3.98. The van der Waals surface area contributed by atoms with Gasteiger partial charge in [0.15, 0.2) is 0 Å². The molecule has 2 heteroatoms. The minimum Gasteiger partial charge on any atom is -0.0947 e. The van der Waals surface area contributed by atoms with Gasteiger partial charge in [-0.15, -0.1) is 0 Å². The molecule has 0 radical (unpaired) electrons. The van der Waals surface area contributed by atoms with E-state index >= 15 is 0 Å². The van der Waals surface area contributed by atoms with Crippen LogP contribution in [0.15, 0.2) is 24.3 Å². The fourth-order valence-corrected chi connectivity index (χ4v) is 16.4. The van der Waals surface area contributed by atoms with E-state index < -0.39 is 8.07 Å². The maximum absolute atomic E-state index is 2.58. The highest BCUT2D eigenvalue weighted by molar-refractivity contribution is 7.58. The minimum absolute atomic E-state index is 0.137. The molecule has 0 spiro atoms. The van der Waals surface area contributed by atoms with Crippen LogP contribution in [0.2, 0.25) is 19.6 Å². The van der Waals surface area contributed by atoms with E-state index in [2.05, 4.69) is 43.9 Å². The molecule has 0 unspecified atom stereocenters. The Hall–Kier alpha value is -0.133. The Labute approximate surface area is 199 Å². The zero-order valence-electron chi connectivity index (χ0n) is 20.8. The predicted molar refractivity (Wildman–Crippen MR) is 142 cm³/mol. The summed E-state index contributed by atoms with van der Waals surface area (Å²) in [5, 5.41) is 1.65. The molecule has 0 aliphatic heterocycles. The summed E-state index contributed by atoms with van der Waals surface area (Å²) in [6.45, 7) is 7.49. The zero-order chi connectivity index (χ0) is 21.6.